The Bertz CT molecular complexity index is 348. The molecule has 3 nitrogen and oxygen atoms in total. The fourth-order valence-electron chi connectivity index (χ4n) is 5.07. The van der Waals surface area contributed by atoms with Crippen LogP contribution in [0.25, 0.3) is 0 Å². The third kappa shape index (κ3) is 1.65. The zero-order valence-electron chi connectivity index (χ0n) is 10.3. The highest BCUT2D eigenvalue weighted by molar-refractivity contribution is 8.01. The maximum absolute atomic E-state index is 11.1. The quantitative estimate of drug-likeness (QED) is 0.778. The molecular formula is C13H20ClNO2S. The van der Waals surface area contributed by atoms with Crippen LogP contribution in [0.2, 0.25) is 0 Å². The molecule has 5 rings (SSSR count). The van der Waals surface area contributed by atoms with Gasteiger partial charge in [0, 0.05) is 5.75 Å². The highest BCUT2D eigenvalue weighted by Crippen LogP contribution is 2.63. The molecule has 1 spiro atoms. The van der Waals surface area contributed by atoms with E-state index in [1.165, 1.54) is 32.1 Å². The van der Waals surface area contributed by atoms with Gasteiger partial charge >= 0.3 is 5.97 Å². The van der Waals surface area contributed by atoms with Crippen molar-refractivity contribution < 1.29 is 9.90 Å². The molecule has 1 unspecified atom stereocenters. The molecule has 0 aromatic carbocycles. The molecule has 0 amide bonds. The minimum absolute atomic E-state index is 0. The summed E-state index contributed by atoms with van der Waals surface area (Å²) in [6, 6.07) is -0.308. The van der Waals surface area contributed by atoms with Gasteiger partial charge in [0.25, 0.3) is 0 Å². The first-order valence-electron chi connectivity index (χ1n) is 6.82. The van der Waals surface area contributed by atoms with E-state index < -0.39 is 5.97 Å². The van der Waals surface area contributed by atoms with Gasteiger partial charge in [-0.3, -0.25) is 10.1 Å². The van der Waals surface area contributed by atoms with Gasteiger partial charge in [0.15, 0.2) is 0 Å². The Morgan fingerprint density at radius 3 is 2.11 bits per heavy atom. The predicted molar refractivity (Wildman–Crippen MR) is 74.0 cm³/mol. The number of carbonyl (C=O) groups is 1. The fourth-order valence-corrected chi connectivity index (χ4v) is 6.82. The van der Waals surface area contributed by atoms with Crippen molar-refractivity contribution in [2.45, 2.75) is 43.0 Å². The molecule has 1 aliphatic heterocycles. The van der Waals surface area contributed by atoms with Crippen molar-refractivity contribution in [2.75, 3.05) is 5.75 Å². The Labute approximate surface area is 118 Å². The van der Waals surface area contributed by atoms with Crippen LogP contribution in [-0.2, 0) is 4.79 Å². The molecule has 4 bridgehead atoms. The first kappa shape index (κ1) is 13.1. The highest BCUT2D eigenvalue weighted by Gasteiger charge is 2.60. The van der Waals surface area contributed by atoms with Crippen LogP contribution in [0.1, 0.15) is 32.1 Å². The summed E-state index contributed by atoms with van der Waals surface area (Å²) >= 11 is 1.92. The summed E-state index contributed by atoms with van der Waals surface area (Å²) in [5, 5.41) is 12.7. The molecule has 5 heteroatoms. The van der Waals surface area contributed by atoms with Crippen molar-refractivity contribution >= 4 is 30.1 Å². The van der Waals surface area contributed by atoms with Crippen molar-refractivity contribution in [3.05, 3.63) is 0 Å². The number of carboxylic acids is 1. The number of halogens is 1. The maximum atomic E-state index is 11.1. The molecule has 2 N–H and O–H groups in total. The first-order valence-corrected chi connectivity index (χ1v) is 7.80. The fraction of sp³-hybridized carbons (Fsp3) is 0.923. The van der Waals surface area contributed by atoms with Crippen LogP contribution >= 0.6 is 24.2 Å². The topological polar surface area (TPSA) is 49.3 Å². The molecule has 1 heterocycles. The zero-order valence-corrected chi connectivity index (χ0v) is 11.9. The standard InChI is InChI=1S/C13H19NO2S.ClH/c15-12(16)11-6-17-13(14-11)9-2-7-1-8(4-9)5-10(13)3-7;/h7-11,14H,1-6H2,(H,15,16);1H. The van der Waals surface area contributed by atoms with E-state index in [0.29, 0.717) is 0 Å². The molecular weight excluding hydrogens is 270 g/mol. The van der Waals surface area contributed by atoms with E-state index in [1.54, 1.807) is 0 Å². The number of thioether (sulfide) groups is 1. The molecule has 4 aliphatic carbocycles. The number of hydrogen-bond acceptors (Lipinski definition) is 3. The second kappa shape index (κ2) is 4.29. The van der Waals surface area contributed by atoms with Crippen LogP contribution in [0.15, 0.2) is 0 Å². The van der Waals surface area contributed by atoms with Crippen molar-refractivity contribution in [2.24, 2.45) is 23.7 Å². The molecule has 4 saturated carbocycles. The molecule has 1 atom stereocenters. The van der Waals surface area contributed by atoms with Gasteiger partial charge < -0.3 is 5.11 Å². The molecule has 102 valence electrons. The maximum Gasteiger partial charge on any atom is 0.321 e. The lowest BCUT2D eigenvalue weighted by Crippen LogP contribution is -2.62. The van der Waals surface area contributed by atoms with Crippen LogP contribution in [0.3, 0.4) is 0 Å². The van der Waals surface area contributed by atoms with Gasteiger partial charge in [0.05, 0.1) is 4.87 Å². The monoisotopic (exact) mass is 289 g/mol. The van der Waals surface area contributed by atoms with E-state index in [4.69, 9.17) is 0 Å². The number of carboxylic acid groups (broad SMARTS) is 1. The molecule has 18 heavy (non-hydrogen) atoms. The van der Waals surface area contributed by atoms with Gasteiger partial charge in [-0.2, -0.15) is 0 Å². The van der Waals surface area contributed by atoms with Gasteiger partial charge in [-0.1, -0.05) is 0 Å². The Hall–Kier alpha value is 0.0700. The lowest BCUT2D eigenvalue weighted by Gasteiger charge is -2.59. The zero-order chi connectivity index (χ0) is 11.6. The Balaban J connectivity index is 0.000001000. The summed E-state index contributed by atoms with van der Waals surface area (Å²) in [6.07, 6.45) is 6.84. The predicted octanol–water partition coefficient (Wildman–Crippen LogP) is 2.35. The minimum Gasteiger partial charge on any atom is -0.480 e. The van der Waals surface area contributed by atoms with Gasteiger partial charge in [-0.25, -0.2) is 0 Å². The Morgan fingerprint density at radius 2 is 1.67 bits per heavy atom. The lowest BCUT2D eigenvalue weighted by molar-refractivity contribution is -0.139. The minimum atomic E-state index is -0.664. The second-order valence-corrected chi connectivity index (χ2v) is 7.74. The highest BCUT2D eigenvalue weighted by atomic mass is 35.5. The largest absolute Gasteiger partial charge is 0.480 e. The van der Waals surface area contributed by atoms with Crippen LogP contribution in [-0.4, -0.2) is 27.7 Å². The molecule has 0 radical (unpaired) electrons. The smallest absolute Gasteiger partial charge is 0.321 e. The second-order valence-electron chi connectivity index (χ2n) is 6.44. The van der Waals surface area contributed by atoms with Crippen molar-refractivity contribution in [3.8, 4) is 0 Å². The van der Waals surface area contributed by atoms with Crippen LogP contribution < -0.4 is 5.32 Å². The molecule has 1 saturated heterocycles. The summed E-state index contributed by atoms with van der Waals surface area (Å²) < 4.78 is 0. The van der Waals surface area contributed by atoms with Crippen molar-refractivity contribution in [1.29, 1.82) is 0 Å². The van der Waals surface area contributed by atoms with E-state index in [2.05, 4.69) is 5.32 Å². The summed E-state index contributed by atoms with van der Waals surface area (Å²) in [6.45, 7) is 0. The number of aliphatic carboxylic acids is 1. The Kier molecular flexibility index (Phi) is 3.11. The van der Waals surface area contributed by atoms with E-state index in [9.17, 15) is 9.90 Å². The third-order valence-electron chi connectivity index (χ3n) is 5.54. The van der Waals surface area contributed by atoms with Gasteiger partial charge in [0.1, 0.15) is 6.04 Å². The van der Waals surface area contributed by atoms with Crippen LogP contribution in [0.5, 0.6) is 0 Å². The average Bonchev–Trinajstić information content (AvgIpc) is 2.71. The summed E-state index contributed by atoms with van der Waals surface area (Å²) in [4.78, 5) is 11.3. The number of hydrogen-bond donors (Lipinski definition) is 2. The molecule has 5 fully saturated rings. The van der Waals surface area contributed by atoms with E-state index in [0.717, 1.165) is 29.4 Å². The van der Waals surface area contributed by atoms with Crippen LogP contribution in [0, 0.1) is 23.7 Å². The van der Waals surface area contributed by atoms with Gasteiger partial charge in [-0.05, 0) is 55.8 Å². The van der Waals surface area contributed by atoms with Crippen LogP contribution in [0.4, 0.5) is 0 Å². The normalized spacial score (nSPS) is 52.6. The van der Waals surface area contributed by atoms with Crippen molar-refractivity contribution in [3.63, 3.8) is 0 Å². The summed E-state index contributed by atoms with van der Waals surface area (Å²) in [7, 11) is 0. The number of nitrogens with one attached hydrogen (secondary N) is 1. The Morgan fingerprint density at radius 1 is 1.11 bits per heavy atom. The van der Waals surface area contributed by atoms with Gasteiger partial charge in [0.2, 0.25) is 0 Å². The first-order chi connectivity index (χ1) is 8.17. The van der Waals surface area contributed by atoms with E-state index in [-0.39, 0.29) is 23.3 Å². The molecule has 5 aliphatic rings. The molecule has 0 aromatic heterocycles. The summed E-state index contributed by atoms with van der Waals surface area (Å²) in [5.74, 6) is 3.49. The van der Waals surface area contributed by atoms with E-state index in [1.807, 2.05) is 11.8 Å². The number of rotatable bonds is 1. The third-order valence-corrected chi connectivity index (χ3v) is 7.30. The molecule has 0 aromatic rings. The average molecular weight is 290 g/mol. The lowest BCUT2D eigenvalue weighted by atomic mass is 9.53. The van der Waals surface area contributed by atoms with E-state index >= 15 is 0 Å². The van der Waals surface area contributed by atoms with Crippen molar-refractivity contribution in [1.82, 2.24) is 5.32 Å². The van der Waals surface area contributed by atoms with Gasteiger partial charge in [-0.15, -0.1) is 24.2 Å². The SMILES string of the molecule is Cl.O=C(O)C1CSC2(N1)C1CC3CC(C1)CC2C3. The summed E-state index contributed by atoms with van der Waals surface area (Å²) in [5.41, 5.74) is 0.